The molecule has 0 radical (unpaired) electrons. The van der Waals surface area contributed by atoms with Crippen molar-refractivity contribution in [3.8, 4) is 17.2 Å². The number of ether oxygens (including phenoxy) is 4. The second-order valence-electron chi connectivity index (χ2n) is 7.25. The van der Waals surface area contributed by atoms with Crippen molar-refractivity contribution >= 4 is 51.5 Å². The topological polar surface area (TPSA) is 132 Å². The molecule has 1 heterocycles. The van der Waals surface area contributed by atoms with Crippen molar-refractivity contribution in [1.82, 2.24) is 10.2 Å². The van der Waals surface area contributed by atoms with Crippen LogP contribution in [0.3, 0.4) is 0 Å². The highest BCUT2D eigenvalue weighted by molar-refractivity contribution is 9.10. The summed E-state index contributed by atoms with van der Waals surface area (Å²) < 4.78 is 21.3. The molecule has 2 aromatic rings. The highest BCUT2D eigenvalue weighted by Gasteiger charge is 2.35. The molecule has 0 spiro atoms. The Balaban J connectivity index is 1.77. The van der Waals surface area contributed by atoms with E-state index in [1.54, 1.807) is 43.3 Å². The summed E-state index contributed by atoms with van der Waals surface area (Å²) in [7, 11) is 2.71. The Morgan fingerprint density at radius 2 is 1.81 bits per heavy atom. The van der Waals surface area contributed by atoms with E-state index in [0.29, 0.717) is 33.8 Å². The maximum Gasteiger partial charge on any atom is 0.343 e. The lowest BCUT2D eigenvalue weighted by Gasteiger charge is -2.14. The highest BCUT2D eigenvalue weighted by Crippen LogP contribution is 2.35. The van der Waals surface area contributed by atoms with Crippen LogP contribution in [-0.2, 0) is 19.1 Å². The summed E-state index contributed by atoms with van der Waals surface area (Å²) in [4.78, 5) is 50.0. The van der Waals surface area contributed by atoms with Gasteiger partial charge < -0.3 is 29.6 Å². The number of nitrogens with zero attached hydrogens (tertiary/aromatic N) is 1. The quantitative estimate of drug-likeness (QED) is 0.257. The molecule has 36 heavy (non-hydrogen) atoms. The molecule has 0 atom stereocenters. The van der Waals surface area contributed by atoms with Crippen molar-refractivity contribution in [2.75, 3.05) is 39.3 Å². The molecule has 0 aliphatic carbocycles. The number of carbonyl (C=O) groups excluding carboxylic acids is 4. The number of para-hydroxylation sites is 2. The molecule has 0 bridgehead atoms. The summed E-state index contributed by atoms with van der Waals surface area (Å²) in [5, 5.41) is 5.10. The predicted molar refractivity (Wildman–Crippen MR) is 133 cm³/mol. The maximum atomic E-state index is 12.9. The van der Waals surface area contributed by atoms with E-state index in [-0.39, 0.29) is 18.1 Å². The Morgan fingerprint density at radius 1 is 1.08 bits per heavy atom. The van der Waals surface area contributed by atoms with E-state index in [0.717, 1.165) is 4.90 Å². The van der Waals surface area contributed by atoms with Gasteiger partial charge in [-0.1, -0.05) is 28.1 Å². The van der Waals surface area contributed by atoms with Crippen molar-refractivity contribution in [1.29, 1.82) is 0 Å². The Hall–Kier alpha value is -4.06. The minimum absolute atomic E-state index is 0.0310. The zero-order valence-electron chi connectivity index (χ0n) is 19.8. The molecule has 1 aliphatic rings. The fraction of sp³-hybridized carbons (Fsp3) is 0.250. The lowest BCUT2D eigenvalue weighted by molar-refractivity contribution is -0.143. The molecule has 2 N–H and O–H groups in total. The fourth-order valence-corrected chi connectivity index (χ4v) is 3.63. The second kappa shape index (κ2) is 12.1. The molecule has 1 fully saturated rings. The number of amides is 4. The molecule has 11 nitrogen and oxygen atoms in total. The molecule has 1 aliphatic heterocycles. The Morgan fingerprint density at radius 3 is 2.50 bits per heavy atom. The van der Waals surface area contributed by atoms with Crippen LogP contribution >= 0.6 is 15.9 Å². The van der Waals surface area contributed by atoms with E-state index in [9.17, 15) is 19.2 Å². The largest absolute Gasteiger partial charge is 0.495 e. The normalized spacial score (nSPS) is 13.9. The number of anilines is 1. The Labute approximate surface area is 215 Å². The van der Waals surface area contributed by atoms with Crippen LogP contribution in [0.4, 0.5) is 10.5 Å². The van der Waals surface area contributed by atoms with Crippen LogP contribution in [-0.4, -0.2) is 62.7 Å². The van der Waals surface area contributed by atoms with Gasteiger partial charge in [0.2, 0.25) is 5.91 Å². The zero-order chi connectivity index (χ0) is 26.2. The molecule has 1 saturated heterocycles. The minimum Gasteiger partial charge on any atom is -0.495 e. The number of rotatable bonds is 10. The van der Waals surface area contributed by atoms with Crippen molar-refractivity contribution in [3.05, 3.63) is 52.1 Å². The Bertz CT molecular complexity index is 1210. The maximum absolute atomic E-state index is 12.9. The fourth-order valence-electron chi connectivity index (χ4n) is 3.19. The summed E-state index contributed by atoms with van der Waals surface area (Å²) in [5.41, 5.74) is 0.874. The number of methoxy groups -OCH3 is 2. The van der Waals surface area contributed by atoms with Gasteiger partial charge in [-0.15, -0.1) is 0 Å². The van der Waals surface area contributed by atoms with Crippen molar-refractivity contribution in [3.63, 3.8) is 0 Å². The number of benzene rings is 2. The van der Waals surface area contributed by atoms with Crippen LogP contribution in [0.25, 0.3) is 6.08 Å². The molecule has 0 saturated carbocycles. The van der Waals surface area contributed by atoms with Crippen LogP contribution in [0.2, 0.25) is 0 Å². The SMILES string of the molecule is CCOc1cc(/C=C2/NC(=O)N(CC(=O)Nc3ccccc3OC)C2=O)c(Br)cc1OCC(=O)OC. The number of halogens is 1. The molecule has 0 aromatic heterocycles. The lowest BCUT2D eigenvalue weighted by atomic mass is 10.1. The van der Waals surface area contributed by atoms with Crippen molar-refractivity contribution < 1.29 is 38.1 Å². The molecule has 4 amide bonds. The van der Waals surface area contributed by atoms with Gasteiger partial charge in [0.1, 0.15) is 18.0 Å². The molecular weight excluding hydrogens is 538 g/mol. The van der Waals surface area contributed by atoms with Gasteiger partial charge in [-0.3, -0.25) is 9.59 Å². The average Bonchev–Trinajstić information content (AvgIpc) is 3.12. The molecule has 12 heteroatoms. The van der Waals surface area contributed by atoms with E-state index >= 15 is 0 Å². The third-order valence-corrected chi connectivity index (χ3v) is 5.57. The van der Waals surface area contributed by atoms with Crippen LogP contribution < -0.4 is 24.8 Å². The zero-order valence-corrected chi connectivity index (χ0v) is 21.3. The summed E-state index contributed by atoms with van der Waals surface area (Å²) >= 11 is 3.40. The predicted octanol–water partition coefficient (Wildman–Crippen LogP) is 2.94. The number of urea groups is 1. The van der Waals surface area contributed by atoms with E-state index < -0.39 is 30.4 Å². The number of carbonyl (C=O) groups is 4. The van der Waals surface area contributed by atoms with Crippen molar-refractivity contribution in [2.45, 2.75) is 6.92 Å². The molecule has 3 rings (SSSR count). The van der Waals surface area contributed by atoms with Crippen molar-refractivity contribution in [2.24, 2.45) is 0 Å². The summed E-state index contributed by atoms with van der Waals surface area (Å²) in [6.45, 7) is 1.28. The first kappa shape index (κ1) is 26.5. The number of nitrogens with one attached hydrogen (secondary N) is 2. The third-order valence-electron chi connectivity index (χ3n) is 4.88. The molecule has 0 unspecified atom stereocenters. The van der Waals surface area contributed by atoms with Crippen LogP contribution in [0.1, 0.15) is 12.5 Å². The number of esters is 1. The minimum atomic E-state index is -0.736. The number of imide groups is 1. The number of hydrogen-bond acceptors (Lipinski definition) is 8. The highest BCUT2D eigenvalue weighted by atomic mass is 79.9. The smallest absolute Gasteiger partial charge is 0.343 e. The number of hydrogen-bond donors (Lipinski definition) is 2. The van der Waals surface area contributed by atoms with Gasteiger partial charge in [-0.25, -0.2) is 14.5 Å². The van der Waals surface area contributed by atoms with Crippen LogP contribution in [0, 0.1) is 0 Å². The van der Waals surface area contributed by atoms with E-state index in [2.05, 4.69) is 31.3 Å². The standard InChI is InChI=1S/C24H24BrN3O8/c1-4-35-19-10-14(15(25)11-20(19)36-13-22(30)34-3)9-17-23(31)28(24(32)27-17)12-21(29)26-16-7-5-6-8-18(16)33-2/h5-11H,4,12-13H2,1-3H3,(H,26,29)(H,27,32)/b17-9+. The van der Waals surface area contributed by atoms with E-state index in [1.807, 2.05) is 0 Å². The lowest BCUT2D eigenvalue weighted by Crippen LogP contribution is -2.38. The van der Waals surface area contributed by atoms with Gasteiger partial charge in [-0.05, 0) is 42.8 Å². The third kappa shape index (κ3) is 6.33. The van der Waals surface area contributed by atoms with Gasteiger partial charge in [0, 0.05) is 4.47 Å². The van der Waals surface area contributed by atoms with Crippen LogP contribution in [0.5, 0.6) is 17.2 Å². The first-order valence-electron chi connectivity index (χ1n) is 10.7. The van der Waals surface area contributed by atoms with E-state index in [1.165, 1.54) is 20.3 Å². The molecule has 2 aromatic carbocycles. The van der Waals surface area contributed by atoms with Gasteiger partial charge in [0.25, 0.3) is 5.91 Å². The summed E-state index contributed by atoms with van der Waals surface area (Å²) in [6, 6.07) is 9.19. The first-order chi connectivity index (χ1) is 17.3. The summed E-state index contributed by atoms with van der Waals surface area (Å²) in [6.07, 6.45) is 1.44. The van der Waals surface area contributed by atoms with Gasteiger partial charge in [-0.2, -0.15) is 0 Å². The van der Waals surface area contributed by atoms with Gasteiger partial charge >= 0.3 is 12.0 Å². The average molecular weight is 562 g/mol. The van der Waals surface area contributed by atoms with Gasteiger partial charge in [0.05, 0.1) is 26.5 Å². The second-order valence-corrected chi connectivity index (χ2v) is 8.10. The molecule has 190 valence electrons. The summed E-state index contributed by atoms with van der Waals surface area (Å²) in [5.74, 6) is -0.761. The molecular formula is C24H24BrN3O8. The monoisotopic (exact) mass is 561 g/mol. The van der Waals surface area contributed by atoms with Crippen LogP contribution in [0.15, 0.2) is 46.6 Å². The van der Waals surface area contributed by atoms with E-state index in [4.69, 9.17) is 14.2 Å². The Kier molecular flexibility index (Phi) is 8.90. The van der Waals surface area contributed by atoms with Gasteiger partial charge in [0.15, 0.2) is 18.1 Å². The first-order valence-corrected chi connectivity index (χ1v) is 11.5.